The molecule has 0 amide bonds. The van der Waals surface area contributed by atoms with Crippen molar-refractivity contribution in [2.24, 2.45) is 17.3 Å². The molecule has 3 aliphatic rings. The summed E-state index contributed by atoms with van der Waals surface area (Å²) in [5.74, 6) is -0.393. The Morgan fingerprint density at radius 3 is 2.80 bits per heavy atom. The maximum Gasteiger partial charge on any atom is 0.197 e. The highest BCUT2D eigenvalue weighted by atomic mass is 16.3. The monoisotopic (exact) mass is 341 g/mol. The molecule has 4 atom stereocenters. The molecular formula is C20H23NO4. The van der Waals surface area contributed by atoms with Gasteiger partial charge in [-0.25, -0.2) is 0 Å². The minimum absolute atomic E-state index is 0.0530. The Bertz CT molecular complexity index is 814. The number of pyridine rings is 1. The number of aliphatic hydroxyl groups excluding tert-OH is 2. The van der Waals surface area contributed by atoms with Crippen LogP contribution in [-0.2, 0) is 10.2 Å². The molecular weight excluding hydrogens is 318 g/mol. The first kappa shape index (κ1) is 16.5. The van der Waals surface area contributed by atoms with Gasteiger partial charge in [0.2, 0.25) is 0 Å². The number of ketones is 2. The van der Waals surface area contributed by atoms with Gasteiger partial charge in [0, 0.05) is 36.2 Å². The van der Waals surface area contributed by atoms with Crippen LogP contribution in [0.15, 0.2) is 29.8 Å². The van der Waals surface area contributed by atoms with Crippen molar-refractivity contribution in [3.8, 4) is 0 Å². The quantitative estimate of drug-likeness (QED) is 0.820. The molecule has 0 bridgehead atoms. The summed E-state index contributed by atoms with van der Waals surface area (Å²) in [5, 5.41) is 20.5. The van der Waals surface area contributed by atoms with Crippen LogP contribution in [0, 0.1) is 17.3 Å². The number of fused-ring (bicyclic) bond motifs is 5. The number of carbonyl (C=O) groups is 2. The fourth-order valence-electron chi connectivity index (χ4n) is 5.91. The van der Waals surface area contributed by atoms with Crippen LogP contribution < -0.4 is 0 Å². The largest absolute Gasteiger partial charge is 0.504 e. The summed E-state index contributed by atoms with van der Waals surface area (Å²) in [6, 6.07) is 1.74. The standard InChI is InChI=1S/C20H23NO4/c1-11-13-3-5-20(10-22)14-9-21-6-4-12(14)15(23)7-17(20)19(13,2)8-16(24)18(11)25/h4,6,9,13,17,22,25H,3,5,7-8,10H2,1-2H3/t13?,17-,19+,20-/m1/s1. The Kier molecular flexibility index (Phi) is 3.45. The van der Waals surface area contributed by atoms with Crippen molar-refractivity contribution in [2.75, 3.05) is 6.61 Å². The van der Waals surface area contributed by atoms with E-state index in [1.165, 1.54) is 0 Å². The predicted molar refractivity (Wildman–Crippen MR) is 91.2 cm³/mol. The number of Topliss-reactive ketones (excluding diaryl/α,β-unsaturated/α-hetero) is 2. The summed E-state index contributed by atoms with van der Waals surface area (Å²) in [6.45, 7) is 3.81. The first-order valence-corrected chi connectivity index (χ1v) is 8.86. The number of carbonyl (C=O) groups excluding carboxylic acids is 2. The molecule has 3 aliphatic carbocycles. The van der Waals surface area contributed by atoms with Crippen molar-refractivity contribution in [1.29, 1.82) is 0 Å². The van der Waals surface area contributed by atoms with Crippen LogP contribution in [0.3, 0.4) is 0 Å². The third-order valence-corrected chi connectivity index (χ3v) is 7.17. The smallest absolute Gasteiger partial charge is 0.197 e. The summed E-state index contributed by atoms with van der Waals surface area (Å²) in [4.78, 5) is 29.4. The van der Waals surface area contributed by atoms with Crippen LogP contribution in [0.5, 0.6) is 0 Å². The third kappa shape index (κ3) is 1.96. The van der Waals surface area contributed by atoms with Gasteiger partial charge in [-0.15, -0.1) is 0 Å². The second kappa shape index (κ2) is 5.24. The number of rotatable bonds is 1. The zero-order chi connectivity index (χ0) is 18.0. The summed E-state index contributed by atoms with van der Waals surface area (Å²) in [6.07, 6.45) is 5.37. The molecule has 25 heavy (non-hydrogen) atoms. The van der Waals surface area contributed by atoms with Gasteiger partial charge in [0.25, 0.3) is 0 Å². The number of hydrogen-bond donors (Lipinski definition) is 2. The molecule has 5 heteroatoms. The van der Waals surface area contributed by atoms with E-state index in [0.29, 0.717) is 12.0 Å². The maximum atomic E-state index is 12.8. The highest BCUT2D eigenvalue weighted by Crippen LogP contribution is 2.63. The average molecular weight is 341 g/mol. The lowest BCUT2D eigenvalue weighted by Crippen LogP contribution is -2.59. The SMILES string of the molecule is CC1=C(O)C(=O)C[C@@]2(C)C1CC[C@@]1(CO)c3cnccc3C(=O)C[C@@H]12. The fourth-order valence-corrected chi connectivity index (χ4v) is 5.91. The van der Waals surface area contributed by atoms with Crippen molar-refractivity contribution >= 4 is 11.6 Å². The van der Waals surface area contributed by atoms with E-state index >= 15 is 0 Å². The van der Waals surface area contributed by atoms with E-state index < -0.39 is 10.8 Å². The molecule has 0 aliphatic heterocycles. The van der Waals surface area contributed by atoms with Gasteiger partial charge in [0.15, 0.2) is 17.3 Å². The van der Waals surface area contributed by atoms with Gasteiger partial charge in [-0.1, -0.05) is 6.92 Å². The van der Waals surface area contributed by atoms with E-state index in [1.807, 2.05) is 13.8 Å². The molecule has 0 radical (unpaired) electrons. The zero-order valence-electron chi connectivity index (χ0n) is 14.6. The Balaban J connectivity index is 1.92. The van der Waals surface area contributed by atoms with Crippen molar-refractivity contribution in [3.63, 3.8) is 0 Å². The topological polar surface area (TPSA) is 87.5 Å². The molecule has 4 rings (SSSR count). The van der Waals surface area contributed by atoms with Crippen molar-refractivity contribution < 1.29 is 19.8 Å². The number of aliphatic hydroxyl groups is 2. The maximum absolute atomic E-state index is 12.8. The van der Waals surface area contributed by atoms with E-state index in [0.717, 1.165) is 24.0 Å². The first-order chi connectivity index (χ1) is 11.8. The van der Waals surface area contributed by atoms with E-state index in [1.54, 1.807) is 18.5 Å². The van der Waals surface area contributed by atoms with E-state index in [4.69, 9.17) is 0 Å². The lowest BCUT2D eigenvalue weighted by molar-refractivity contribution is -0.128. The van der Waals surface area contributed by atoms with Gasteiger partial charge in [-0.3, -0.25) is 14.6 Å². The fraction of sp³-hybridized carbons (Fsp3) is 0.550. The highest BCUT2D eigenvalue weighted by Gasteiger charge is 2.61. The van der Waals surface area contributed by atoms with E-state index in [9.17, 15) is 19.8 Å². The molecule has 0 aromatic carbocycles. The Morgan fingerprint density at radius 1 is 1.32 bits per heavy atom. The molecule has 2 N–H and O–H groups in total. The Labute approximate surface area is 146 Å². The molecule has 0 saturated heterocycles. The van der Waals surface area contributed by atoms with Crippen LogP contribution in [0.2, 0.25) is 0 Å². The number of nitrogens with zero attached hydrogens (tertiary/aromatic N) is 1. The second-order valence-electron chi connectivity index (χ2n) is 8.14. The van der Waals surface area contributed by atoms with Gasteiger partial charge in [-0.05, 0) is 54.2 Å². The summed E-state index contributed by atoms with van der Waals surface area (Å²) in [7, 11) is 0. The van der Waals surface area contributed by atoms with Gasteiger partial charge >= 0.3 is 0 Å². The van der Waals surface area contributed by atoms with E-state index in [-0.39, 0.29) is 42.2 Å². The van der Waals surface area contributed by atoms with Gasteiger partial charge in [0.1, 0.15) is 0 Å². The number of aromatic nitrogens is 1. The van der Waals surface area contributed by atoms with Gasteiger partial charge in [-0.2, -0.15) is 0 Å². The van der Waals surface area contributed by atoms with Crippen LogP contribution >= 0.6 is 0 Å². The van der Waals surface area contributed by atoms with Gasteiger partial charge in [0.05, 0.1) is 6.61 Å². The average Bonchev–Trinajstić information content (AvgIpc) is 2.61. The van der Waals surface area contributed by atoms with Crippen molar-refractivity contribution in [3.05, 3.63) is 40.9 Å². The molecule has 1 aromatic heterocycles. The zero-order valence-corrected chi connectivity index (χ0v) is 14.6. The van der Waals surface area contributed by atoms with Crippen LogP contribution in [0.1, 0.15) is 55.5 Å². The highest BCUT2D eigenvalue weighted by molar-refractivity contribution is 6.00. The van der Waals surface area contributed by atoms with E-state index in [2.05, 4.69) is 4.98 Å². The molecule has 1 aromatic rings. The van der Waals surface area contributed by atoms with Crippen LogP contribution in [0.25, 0.3) is 0 Å². The molecule has 1 fully saturated rings. The minimum Gasteiger partial charge on any atom is -0.504 e. The molecule has 1 saturated carbocycles. The van der Waals surface area contributed by atoms with Crippen LogP contribution in [0.4, 0.5) is 0 Å². The molecule has 1 heterocycles. The van der Waals surface area contributed by atoms with Crippen molar-refractivity contribution in [2.45, 2.75) is 44.9 Å². The second-order valence-corrected chi connectivity index (χ2v) is 8.14. The third-order valence-electron chi connectivity index (χ3n) is 7.17. The predicted octanol–water partition coefficient (Wildman–Crippen LogP) is 2.74. The Morgan fingerprint density at radius 2 is 2.08 bits per heavy atom. The molecule has 0 spiro atoms. The lowest BCUT2D eigenvalue weighted by atomic mass is 9.43. The lowest BCUT2D eigenvalue weighted by Gasteiger charge is -2.59. The normalized spacial score (nSPS) is 37.4. The Hall–Kier alpha value is -2.01. The number of hydrogen-bond acceptors (Lipinski definition) is 5. The molecule has 5 nitrogen and oxygen atoms in total. The summed E-state index contributed by atoms with van der Waals surface area (Å²) >= 11 is 0. The molecule has 1 unspecified atom stereocenters. The van der Waals surface area contributed by atoms with Crippen molar-refractivity contribution in [1.82, 2.24) is 4.98 Å². The van der Waals surface area contributed by atoms with Crippen LogP contribution in [-0.4, -0.2) is 33.4 Å². The summed E-state index contributed by atoms with van der Waals surface area (Å²) < 4.78 is 0. The first-order valence-electron chi connectivity index (χ1n) is 8.86. The van der Waals surface area contributed by atoms with Gasteiger partial charge < -0.3 is 10.2 Å². The minimum atomic E-state index is -0.545. The number of allylic oxidation sites excluding steroid dienone is 2. The summed E-state index contributed by atoms with van der Waals surface area (Å²) in [5.41, 5.74) is 1.21. The molecule has 132 valence electrons.